The van der Waals surface area contributed by atoms with Crippen LogP contribution in [0.25, 0.3) is 0 Å². The van der Waals surface area contributed by atoms with Gasteiger partial charge in [-0.15, -0.1) is 0 Å². The molecule has 3 rings (SSSR count). The number of carbonyl (C=O) groups excluding carboxylic acids is 3. The number of aromatic hydroxyl groups is 1. The summed E-state index contributed by atoms with van der Waals surface area (Å²) < 4.78 is 10.2. The lowest BCUT2D eigenvalue weighted by molar-refractivity contribution is -0.135. The lowest BCUT2D eigenvalue weighted by Gasteiger charge is -2.32. The molecule has 8 nitrogen and oxygen atoms in total. The molecule has 1 unspecified atom stereocenters. The molecule has 1 heterocycles. The molecule has 2 aromatic carbocycles. The van der Waals surface area contributed by atoms with Crippen LogP contribution in [0.4, 0.5) is 5.69 Å². The van der Waals surface area contributed by atoms with Gasteiger partial charge in [0.1, 0.15) is 11.3 Å². The van der Waals surface area contributed by atoms with Crippen molar-refractivity contribution in [3.63, 3.8) is 0 Å². The number of carbonyl (C=O) groups is 3. The smallest absolute Gasteiger partial charge is 0.341 e. The van der Waals surface area contributed by atoms with Crippen molar-refractivity contribution in [2.24, 2.45) is 5.92 Å². The Balaban J connectivity index is 1.54. The molecule has 31 heavy (non-hydrogen) atoms. The molecule has 1 atom stereocenters. The number of para-hydroxylation sites is 2. The van der Waals surface area contributed by atoms with E-state index in [0.29, 0.717) is 31.7 Å². The van der Waals surface area contributed by atoms with Crippen LogP contribution in [-0.4, -0.2) is 54.6 Å². The van der Waals surface area contributed by atoms with E-state index >= 15 is 0 Å². The molecule has 2 amide bonds. The number of nitrogens with one attached hydrogen (secondary N) is 1. The second-order valence-electron chi connectivity index (χ2n) is 7.27. The van der Waals surface area contributed by atoms with Crippen molar-refractivity contribution in [3.8, 4) is 11.5 Å². The summed E-state index contributed by atoms with van der Waals surface area (Å²) in [6, 6.07) is 13.7. The SMILES string of the molecule is COC(=O)c1cccc(NC(=O)C2CCCN(C(=O)CCOc3ccccc3)C2)c1O. The molecule has 0 radical (unpaired) electrons. The highest BCUT2D eigenvalue weighted by atomic mass is 16.5. The molecule has 1 aliphatic rings. The van der Waals surface area contributed by atoms with Crippen LogP contribution in [0.3, 0.4) is 0 Å². The Labute approximate surface area is 180 Å². The van der Waals surface area contributed by atoms with E-state index in [1.54, 1.807) is 11.0 Å². The van der Waals surface area contributed by atoms with Crippen molar-refractivity contribution < 1.29 is 29.0 Å². The number of methoxy groups -OCH3 is 1. The van der Waals surface area contributed by atoms with E-state index in [4.69, 9.17) is 4.74 Å². The summed E-state index contributed by atoms with van der Waals surface area (Å²) in [6.07, 6.45) is 1.57. The fourth-order valence-electron chi connectivity index (χ4n) is 3.50. The fraction of sp³-hybridized carbons (Fsp3) is 0.348. The molecule has 0 saturated carbocycles. The molecule has 0 bridgehead atoms. The van der Waals surface area contributed by atoms with Crippen molar-refractivity contribution in [1.29, 1.82) is 0 Å². The van der Waals surface area contributed by atoms with E-state index in [1.807, 2.05) is 30.3 Å². The van der Waals surface area contributed by atoms with Crippen LogP contribution in [0.2, 0.25) is 0 Å². The summed E-state index contributed by atoms with van der Waals surface area (Å²) in [6.45, 7) is 1.16. The number of phenols is 1. The van der Waals surface area contributed by atoms with E-state index in [0.717, 1.165) is 0 Å². The number of phenolic OH excluding ortho intramolecular Hbond substituents is 1. The number of benzene rings is 2. The van der Waals surface area contributed by atoms with Gasteiger partial charge in [0, 0.05) is 13.1 Å². The van der Waals surface area contributed by atoms with Crippen LogP contribution in [0.15, 0.2) is 48.5 Å². The summed E-state index contributed by atoms with van der Waals surface area (Å²) >= 11 is 0. The maximum Gasteiger partial charge on any atom is 0.341 e. The number of anilines is 1. The third kappa shape index (κ3) is 5.75. The highest BCUT2D eigenvalue weighted by Crippen LogP contribution is 2.29. The van der Waals surface area contributed by atoms with Crippen LogP contribution in [-0.2, 0) is 14.3 Å². The third-order valence-electron chi connectivity index (χ3n) is 5.17. The number of nitrogens with zero attached hydrogens (tertiary/aromatic N) is 1. The predicted octanol–water partition coefficient (Wildman–Crippen LogP) is 2.83. The maximum atomic E-state index is 12.7. The average Bonchev–Trinajstić information content (AvgIpc) is 2.80. The van der Waals surface area contributed by atoms with Crippen molar-refractivity contribution in [3.05, 3.63) is 54.1 Å². The Kier molecular flexibility index (Phi) is 7.48. The quantitative estimate of drug-likeness (QED) is 0.521. The van der Waals surface area contributed by atoms with Gasteiger partial charge in [0.2, 0.25) is 11.8 Å². The van der Waals surface area contributed by atoms with E-state index in [2.05, 4.69) is 10.1 Å². The standard InChI is InChI=1S/C23H26N2O6/c1-30-23(29)18-10-5-11-19(21(18)27)24-22(28)16-7-6-13-25(15-16)20(26)12-14-31-17-8-3-2-4-9-17/h2-5,8-11,16,27H,6-7,12-15H2,1H3,(H,24,28). The number of rotatable bonds is 7. The van der Waals surface area contributed by atoms with Gasteiger partial charge in [-0.05, 0) is 37.1 Å². The van der Waals surface area contributed by atoms with Crippen LogP contribution in [0, 0.1) is 5.92 Å². The van der Waals surface area contributed by atoms with Gasteiger partial charge >= 0.3 is 5.97 Å². The van der Waals surface area contributed by atoms with Gasteiger partial charge < -0.3 is 24.8 Å². The Morgan fingerprint density at radius 1 is 1.13 bits per heavy atom. The number of amides is 2. The summed E-state index contributed by atoms with van der Waals surface area (Å²) in [7, 11) is 1.21. The number of piperidine rings is 1. The minimum atomic E-state index is -0.694. The number of esters is 1. The lowest BCUT2D eigenvalue weighted by atomic mass is 9.96. The minimum absolute atomic E-state index is 0.0286. The zero-order valence-corrected chi connectivity index (χ0v) is 17.4. The largest absolute Gasteiger partial charge is 0.505 e. The highest BCUT2D eigenvalue weighted by molar-refractivity contribution is 5.99. The number of likely N-dealkylation sites (tertiary alicyclic amines) is 1. The summed E-state index contributed by atoms with van der Waals surface area (Å²) in [5, 5.41) is 12.9. The Bertz CT molecular complexity index is 931. The molecule has 1 aliphatic heterocycles. The van der Waals surface area contributed by atoms with Gasteiger partial charge in [0.15, 0.2) is 5.75 Å². The van der Waals surface area contributed by atoms with E-state index in [-0.39, 0.29) is 41.8 Å². The van der Waals surface area contributed by atoms with E-state index < -0.39 is 11.9 Å². The normalized spacial score (nSPS) is 15.8. The molecule has 1 fully saturated rings. The van der Waals surface area contributed by atoms with Gasteiger partial charge in [-0.3, -0.25) is 9.59 Å². The van der Waals surface area contributed by atoms with Crippen molar-refractivity contribution in [2.75, 3.05) is 32.1 Å². The number of hydrogen-bond donors (Lipinski definition) is 2. The first-order chi connectivity index (χ1) is 15.0. The minimum Gasteiger partial charge on any atom is -0.505 e. The van der Waals surface area contributed by atoms with Gasteiger partial charge in [-0.2, -0.15) is 0 Å². The second-order valence-corrected chi connectivity index (χ2v) is 7.27. The maximum absolute atomic E-state index is 12.7. The first kappa shape index (κ1) is 22.1. The topological polar surface area (TPSA) is 105 Å². The van der Waals surface area contributed by atoms with Crippen molar-refractivity contribution >= 4 is 23.5 Å². The molecule has 0 aliphatic carbocycles. The Hall–Kier alpha value is -3.55. The summed E-state index contributed by atoms with van der Waals surface area (Å²) in [5.41, 5.74) is 0.103. The average molecular weight is 426 g/mol. The molecule has 0 spiro atoms. The molecule has 2 N–H and O–H groups in total. The van der Waals surface area contributed by atoms with Crippen LogP contribution < -0.4 is 10.1 Å². The molecule has 8 heteroatoms. The molecular weight excluding hydrogens is 400 g/mol. The Morgan fingerprint density at radius 2 is 1.90 bits per heavy atom. The van der Waals surface area contributed by atoms with Gasteiger partial charge in [-0.25, -0.2) is 4.79 Å². The fourth-order valence-corrected chi connectivity index (χ4v) is 3.50. The monoisotopic (exact) mass is 426 g/mol. The third-order valence-corrected chi connectivity index (χ3v) is 5.17. The summed E-state index contributed by atoms with van der Waals surface area (Å²) in [4.78, 5) is 38.7. The first-order valence-corrected chi connectivity index (χ1v) is 10.2. The molecule has 0 aromatic heterocycles. The van der Waals surface area contributed by atoms with Gasteiger partial charge in [0.05, 0.1) is 31.7 Å². The molecule has 1 saturated heterocycles. The number of hydrogen-bond acceptors (Lipinski definition) is 6. The summed E-state index contributed by atoms with van der Waals surface area (Å²) in [5.74, 6) is -1.11. The number of ether oxygens (including phenoxy) is 2. The van der Waals surface area contributed by atoms with Crippen LogP contribution in [0.5, 0.6) is 11.5 Å². The molecule has 2 aromatic rings. The van der Waals surface area contributed by atoms with E-state index in [9.17, 15) is 19.5 Å². The second kappa shape index (κ2) is 10.5. The van der Waals surface area contributed by atoms with Crippen molar-refractivity contribution in [2.45, 2.75) is 19.3 Å². The zero-order valence-electron chi connectivity index (χ0n) is 17.4. The van der Waals surface area contributed by atoms with E-state index in [1.165, 1.54) is 19.2 Å². The van der Waals surface area contributed by atoms with Crippen molar-refractivity contribution in [1.82, 2.24) is 4.90 Å². The molecule has 164 valence electrons. The molecular formula is C23H26N2O6. The first-order valence-electron chi connectivity index (χ1n) is 10.2. The van der Waals surface area contributed by atoms with Gasteiger partial charge in [-0.1, -0.05) is 24.3 Å². The van der Waals surface area contributed by atoms with Gasteiger partial charge in [0.25, 0.3) is 0 Å². The predicted molar refractivity (Wildman–Crippen MR) is 114 cm³/mol. The zero-order chi connectivity index (χ0) is 22.2. The van der Waals surface area contributed by atoms with Crippen LogP contribution in [0.1, 0.15) is 29.6 Å². The lowest BCUT2D eigenvalue weighted by Crippen LogP contribution is -2.44. The van der Waals surface area contributed by atoms with Crippen LogP contribution >= 0.6 is 0 Å². The Morgan fingerprint density at radius 3 is 2.65 bits per heavy atom. The highest BCUT2D eigenvalue weighted by Gasteiger charge is 2.29.